The van der Waals surface area contributed by atoms with E-state index in [1.165, 1.54) is 6.42 Å². The molecule has 1 aromatic carbocycles. The van der Waals surface area contributed by atoms with Gasteiger partial charge in [-0.3, -0.25) is 9.69 Å². The van der Waals surface area contributed by atoms with Crippen LogP contribution in [0, 0.1) is 5.92 Å². The molecule has 2 aliphatic rings. The topological polar surface area (TPSA) is 62.1 Å². The molecule has 1 unspecified atom stereocenters. The number of carbonyl (C=O) groups is 1. The summed E-state index contributed by atoms with van der Waals surface area (Å²) in [6.45, 7) is 6.87. The van der Waals surface area contributed by atoms with Crippen LogP contribution >= 0.6 is 0 Å². The summed E-state index contributed by atoms with van der Waals surface area (Å²) >= 11 is 0. The third kappa shape index (κ3) is 4.98. The summed E-state index contributed by atoms with van der Waals surface area (Å²) in [5, 5.41) is 0.989. The number of methoxy groups -OCH3 is 1. The summed E-state index contributed by atoms with van der Waals surface area (Å²) in [5.74, 6) is 2.55. The Morgan fingerprint density at radius 1 is 1.15 bits per heavy atom. The third-order valence-electron chi connectivity index (χ3n) is 6.94. The summed E-state index contributed by atoms with van der Waals surface area (Å²) in [7, 11) is 1.64. The zero-order valence-corrected chi connectivity index (χ0v) is 19.3. The number of likely N-dealkylation sites (tertiary alicyclic amines) is 1. The first-order chi connectivity index (χ1) is 16.2. The van der Waals surface area contributed by atoms with Crippen molar-refractivity contribution in [2.24, 2.45) is 5.92 Å². The Morgan fingerprint density at radius 3 is 2.82 bits per heavy atom. The van der Waals surface area contributed by atoms with E-state index in [1.807, 2.05) is 36.5 Å². The van der Waals surface area contributed by atoms with Gasteiger partial charge < -0.3 is 19.0 Å². The van der Waals surface area contributed by atoms with Gasteiger partial charge in [-0.05, 0) is 43.0 Å². The summed E-state index contributed by atoms with van der Waals surface area (Å²) < 4.78 is 10.9. The van der Waals surface area contributed by atoms with Gasteiger partial charge in [-0.1, -0.05) is 6.07 Å². The Morgan fingerprint density at radius 2 is 2.03 bits per heavy atom. The zero-order valence-electron chi connectivity index (χ0n) is 19.3. The van der Waals surface area contributed by atoms with Crippen molar-refractivity contribution in [1.82, 2.24) is 14.8 Å². The van der Waals surface area contributed by atoms with Crippen LogP contribution in [0.5, 0.6) is 5.75 Å². The average molecular weight is 449 g/mol. The molecule has 2 fully saturated rings. The van der Waals surface area contributed by atoms with E-state index in [2.05, 4.69) is 25.8 Å². The molecule has 0 aliphatic carbocycles. The maximum atomic E-state index is 13.1. The number of carbonyl (C=O) groups excluding carboxylic acids is 1. The van der Waals surface area contributed by atoms with Gasteiger partial charge in [-0.25, -0.2) is 4.98 Å². The SMILES string of the molecule is COc1ccc2c(CC(=O)N3CCCC(CN4CCN(c5ccccn5)CC4)C3)coc2c1. The molecule has 1 atom stereocenters. The molecule has 0 saturated carbocycles. The highest BCUT2D eigenvalue weighted by atomic mass is 16.5. The molecular formula is C26H32N4O3. The van der Waals surface area contributed by atoms with Crippen LogP contribution in [0.25, 0.3) is 11.0 Å². The molecule has 0 radical (unpaired) electrons. The van der Waals surface area contributed by atoms with Gasteiger partial charge in [-0.15, -0.1) is 0 Å². The number of hydrogen-bond acceptors (Lipinski definition) is 6. The molecule has 1 amide bonds. The van der Waals surface area contributed by atoms with E-state index in [0.29, 0.717) is 12.3 Å². The fraction of sp³-hybridized carbons (Fsp3) is 0.462. The fourth-order valence-corrected chi connectivity index (χ4v) is 5.11. The molecule has 7 nitrogen and oxygen atoms in total. The van der Waals surface area contributed by atoms with Crippen LogP contribution in [0.1, 0.15) is 18.4 Å². The van der Waals surface area contributed by atoms with Crippen molar-refractivity contribution in [3.05, 3.63) is 54.4 Å². The van der Waals surface area contributed by atoms with Crippen LogP contribution < -0.4 is 9.64 Å². The Labute approximate surface area is 194 Å². The van der Waals surface area contributed by atoms with Gasteiger partial charge in [0.2, 0.25) is 5.91 Å². The number of hydrogen-bond donors (Lipinski definition) is 0. The minimum absolute atomic E-state index is 0.193. The number of pyridine rings is 1. The molecule has 3 aromatic rings. The average Bonchev–Trinajstić information content (AvgIpc) is 3.27. The molecule has 174 valence electrons. The number of piperazine rings is 1. The maximum Gasteiger partial charge on any atom is 0.227 e. The van der Waals surface area contributed by atoms with Crippen molar-refractivity contribution in [2.45, 2.75) is 19.3 Å². The first-order valence-corrected chi connectivity index (χ1v) is 11.9. The molecule has 2 saturated heterocycles. The fourth-order valence-electron chi connectivity index (χ4n) is 5.11. The molecule has 0 bridgehead atoms. The van der Waals surface area contributed by atoms with Gasteiger partial charge in [0.15, 0.2) is 0 Å². The number of nitrogens with zero attached hydrogens (tertiary/aromatic N) is 4. The lowest BCUT2D eigenvalue weighted by Crippen LogP contribution is -2.50. The van der Waals surface area contributed by atoms with Crippen molar-refractivity contribution in [1.29, 1.82) is 0 Å². The van der Waals surface area contributed by atoms with Crippen molar-refractivity contribution >= 4 is 22.7 Å². The maximum absolute atomic E-state index is 13.1. The number of ether oxygens (including phenoxy) is 1. The van der Waals surface area contributed by atoms with E-state index in [9.17, 15) is 4.79 Å². The van der Waals surface area contributed by atoms with Crippen LogP contribution in [0.4, 0.5) is 5.82 Å². The summed E-state index contributed by atoms with van der Waals surface area (Å²) in [4.78, 5) is 24.5. The Balaban J connectivity index is 1.14. The second kappa shape index (κ2) is 9.83. The lowest BCUT2D eigenvalue weighted by molar-refractivity contribution is -0.132. The van der Waals surface area contributed by atoms with Crippen LogP contribution in [-0.4, -0.2) is 73.6 Å². The van der Waals surface area contributed by atoms with Gasteiger partial charge in [0.05, 0.1) is 19.8 Å². The number of piperidine rings is 1. The zero-order chi connectivity index (χ0) is 22.6. The second-order valence-electron chi connectivity index (χ2n) is 9.12. The highest BCUT2D eigenvalue weighted by molar-refractivity contribution is 5.88. The van der Waals surface area contributed by atoms with E-state index in [1.54, 1.807) is 13.4 Å². The second-order valence-corrected chi connectivity index (χ2v) is 9.12. The van der Waals surface area contributed by atoms with E-state index >= 15 is 0 Å². The normalized spacial score (nSPS) is 19.7. The van der Waals surface area contributed by atoms with Crippen LogP contribution in [0.2, 0.25) is 0 Å². The number of anilines is 1. The molecule has 0 spiro atoms. The van der Waals surface area contributed by atoms with Crippen molar-refractivity contribution in [3.63, 3.8) is 0 Å². The molecular weight excluding hydrogens is 416 g/mol. The van der Waals surface area contributed by atoms with E-state index in [4.69, 9.17) is 9.15 Å². The predicted octanol–water partition coefficient (Wildman–Crippen LogP) is 3.44. The highest BCUT2D eigenvalue weighted by Gasteiger charge is 2.27. The first kappa shape index (κ1) is 21.8. The van der Waals surface area contributed by atoms with Crippen LogP contribution in [0.15, 0.2) is 53.3 Å². The van der Waals surface area contributed by atoms with Gasteiger partial charge in [0.25, 0.3) is 0 Å². The molecule has 7 heteroatoms. The Kier molecular flexibility index (Phi) is 6.48. The largest absolute Gasteiger partial charge is 0.497 e. The van der Waals surface area contributed by atoms with Crippen molar-refractivity contribution in [3.8, 4) is 5.75 Å². The predicted molar refractivity (Wildman–Crippen MR) is 129 cm³/mol. The molecule has 4 heterocycles. The van der Waals surface area contributed by atoms with Gasteiger partial charge >= 0.3 is 0 Å². The third-order valence-corrected chi connectivity index (χ3v) is 6.94. The van der Waals surface area contributed by atoms with E-state index in [0.717, 1.165) is 80.3 Å². The van der Waals surface area contributed by atoms with Crippen LogP contribution in [0.3, 0.4) is 0 Å². The molecule has 2 aliphatic heterocycles. The number of fused-ring (bicyclic) bond motifs is 1. The minimum Gasteiger partial charge on any atom is -0.497 e. The number of benzene rings is 1. The first-order valence-electron chi connectivity index (χ1n) is 11.9. The summed E-state index contributed by atoms with van der Waals surface area (Å²) in [5.41, 5.74) is 1.71. The standard InChI is InChI=1S/C26H32N4O3/c1-32-22-7-8-23-21(19-33-24(23)16-22)15-26(31)30-10-4-5-20(18-30)17-28-11-13-29(14-12-28)25-6-2-3-9-27-25/h2-3,6-9,16,19-20H,4-5,10-15,17-18H2,1H3. The van der Waals surface area contributed by atoms with Crippen molar-refractivity contribution in [2.75, 3.05) is 57.8 Å². The molecule has 2 aromatic heterocycles. The number of rotatable bonds is 6. The number of aromatic nitrogens is 1. The summed E-state index contributed by atoms with van der Waals surface area (Å²) in [6, 6.07) is 11.8. The quantitative estimate of drug-likeness (QED) is 0.576. The number of furan rings is 1. The molecule has 33 heavy (non-hydrogen) atoms. The van der Waals surface area contributed by atoms with Gasteiger partial charge in [0, 0.05) is 69.0 Å². The molecule has 0 N–H and O–H groups in total. The van der Waals surface area contributed by atoms with Crippen molar-refractivity contribution < 1.29 is 13.9 Å². The van der Waals surface area contributed by atoms with E-state index in [-0.39, 0.29) is 5.91 Å². The lowest BCUT2D eigenvalue weighted by Gasteiger charge is -2.39. The Bertz CT molecular complexity index is 1080. The van der Waals surface area contributed by atoms with Gasteiger partial charge in [0.1, 0.15) is 17.2 Å². The minimum atomic E-state index is 0.193. The highest BCUT2D eigenvalue weighted by Crippen LogP contribution is 2.27. The Hall–Kier alpha value is -3.06. The number of amides is 1. The molecule has 5 rings (SSSR count). The monoisotopic (exact) mass is 448 g/mol. The smallest absolute Gasteiger partial charge is 0.227 e. The summed E-state index contributed by atoms with van der Waals surface area (Å²) in [6.07, 6.45) is 6.23. The van der Waals surface area contributed by atoms with E-state index < -0.39 is 0 Å². The van der Waals surface area contributed by atoms with Gasteiger partial charge in [-0.2, -0.15) is 0 Å². The lowest BCUT2D eigenvalue weighted by atomic mass is 9.96. The van der Waals surface area contributed by atoms with Crippen LogP contribution in [-0.2, 0) is 11.2 Å².